The molecular formula is C21H33N3O5. The van der Waals surface area contributed by atoms with E-state index in [9.17, 15) is 19.8 Å². The second-order valence-corrected chi connectivity index (χ2v) is 8.00. The Labute approximate surface area is 172 Å². The van der Waals surface area contributed by atoms with Crippen LogP contribution in [0.1, 0.15) is 25.8 Å². The summed E-state index contributed by atoms with van der Waals surface area (Å²) in [5.74, 6) is -0.601. The minimum Gasteiger partial charge on any atom is -0.396 e. The van der Waals surface area contributed by atoms with Crippen molar-refractivity contribution in [3.8, 4) is 0 Å². The quantitative estimate of drug-likeness (QED) is 0.411. The molecule has 2 rings (SSSR count). The fourth-order valence-electron chi connectivity index (χ4n) is 2.94. The second kappa shape index (κ2) is 11.3. The molecule has 1 aliphatic heterocycles. The zero-order valence-corrected chi connectivity index (χ0v) is 17.3. The van der Waals surface area contributed by atoms with E-state index in [-0.39, 0.29) is 31.9 Å². The molecule has 1 amide bonds. The van der Waals surface area contributed by atoms with Gasteiger partial charge in [0.2, 0.25) is 5.91 Å². The number of nitrogens with zero attached hydrogens (tertiary/aromatic N) is 1. The highest BCUT2D eigenvalue weighted by Gasteiger charge is 2.32. The van der Waals surface area contributed by atoms with Crippen LogP contribution in [0, 0.1) is 5.41 Å². The maximum absolute atomic E-state index is 12.0. The second-order valence-electron chi connectivity index (χ2n) is 8.00. The van der Waals surface area contributed by atoms with E-state index in [4.69, 9.17) is 4.74 Å². The van der Waals surface area contributed by atoms with Crippen LogP contribution in [0.15, 0.2) is 24.3 Å². The van der Waals surface area contributed by atoms with Gasteiger partial charge in [-0.15, -0.1) is 0 Å². The maximum Gasteiger partial charge on any atom is 0.249 e. The van der Waals surface area contributed by atoms with Crippen molar-refractivity contribution in [1.82, 2.24) is 10.6 Å². The number of ketones is 1. The van der Waals surface area contributed by atoms with Crippen molar-refractivity contribution < 1.29 is 24.5 Å². The third kappa shape index (κ3) is 7.40. The minimum atomic E-state index is -1.32. The Balaban J connectivity index is 1.63. The molecule has 1 atom stereocenters. The normalized spacial score (nSPS) is 15.8. The number of nitrogens with one attached hydrogen (secondary N) is 2. The van der Waals surface area contributed by atoms with Gasteiger partial charge in [0.1, 0.15) is 11.9 Å². The highest BCUT2D eigenvalue weighted by molar-refractivity contribution is 5.83. The van der Waals surface area contributed by atoms with Crippen LogP contribution in [0.2, 0.25) is 0 Å². The van der Waals surface area contributed by atoms with Crippen molar-refractivity contribution in [3.63, 3.8) is 0 Å². The largest absolute Gasteiger partial charge is 0.396 e. The first-order valence-corrected chi connectivity index (χ1v) is 10.0. The molecule has 4 N–H and O–H groups in total. The molecule has 1 heterocycles. The van der Waals surface area contributed by atoms with Crippen LogP contribution in [0.25, 0.3) is 0 Å². The van der Waals surface area contributed by atoms with Crippen molar-refractivity contribution in [2.75, 3.05) is 50.9 Å². The number of Topliss-reactive ketones (excluding diaryl/α,β-unsaturated/α-hetero) is 1. The Morgan fingerprint density at radius 3 is 2.48 bits per heavy atom. The van der Waals surface area contributed by atoms with Crippen LogP contribution in [-0.2, 0) is 20.9 Å². The van der Waals surface area contributed by atoms with Crippen LogP contribution < -0.4 is 15.5 Å². The highest BCUT2D eigenvalue weighted by Crippen LogP contribution is 2.19. The van der Waals surface area contributed by atoms with Gasteiger partial charge >= 0.3 is 0 Å². The number of hydrogen-bond donors (Lipinski definition) is 4. The molecule has 162 valence electrons. The topological polar surface area (TPSA) is 111 Å². The molecule has 0 spiro atoms. The molecular weight excluding hydrogens is 374 g/mol. The molecule has 8 heteroatoms. The van der Waals surface area contributed by atoms with Gasteiger partial charge < -0.3 is 30.5 Å². The van der Waals surface area contributed by atoms with Crippen LogP contribution in [-0.4, -0.2) is 74.0 Å². The Hall–Kier alpha value is -2.00. The highest BCUT2D eigenvalue weighted by atomic mass is 16.5. The average Bonchev–Trinajstić information content (AvgIpc) is 2.74. The van der Waals surface area contributed by atoms with Crippen LogP contribution >= 0.6 is 0 Å². The molecule has 0 aliphatic carbocycles. The lowest BCUT2D eigenvalue weighted by molar-refractivity contribution is -0.137. The van der Waals surface area contributed by atoms with Gasteiger partial charge in [0.05, 0.1) is 26.4 Å². The molecule has 1 aromatic carbocycles. The summed E-state index contributed by atoms with van der Waals surface area (Å²) in [6, 6.07) is 8.26. The monoisotopic (exact) mass is 407 g/mol. The van der Waals surface area contributed by atoms with Crippen molar-refractivity contribution in [1.29, 1.82) is 0 Å². The first-order valence-electron chi connectivity index (χ1n) is 10.0. The lowest BCUT2D eigenvalue weighted by atomic mass is 9.87. The van der Waals surface area contributed by atoms with E-state index < -0.39 is 17.4 Å². The standard InChI is InChI=1S/C21H33N3O5/c1-21(2,15-25)19(27)20(28)23-8-7-18(26)14-22-13-16-3-5-17(6-4-16)24-9-11-29-12-10-24/h3-6,19,22,25,27H,7-15H2,1-2H3,(H,23,28)/t19-/m0/s1. The molecule has 8 nitrogen and oxygen atoms in total. The molecule has 1 saturated heterocycles. The van der Waals surface area contributed by atoms with E-state index in [0.717, 1.165) is 31.9 Å². The Bertz CT molecular complexity index is 657. The number of anilines is 1. The van der Waals surface area contributed by atoms with Gasteiger partial charge in [-0.1, -0.05) is 26.0 Å². The summed E-state index contributed by atoms with van der Waals surface area (Å²) in [6.07, 6.45) is -1.14. The number of aliphatic hydroxyl groups excluding tert-OH is 2. The Morgan fingerprint density at radius 2 is 1.86 bits per heavy atom. The van der Waals surface area contributed by atoms with E-state index in [0.29, 0.717) is 6.54 Å². The van der Waals surface area contributed by atoms with Gasteiger partial charge in [-0.3, -0.25) is 9.59 Å². The molecule has 1 aliphatic rings. The van der Waals surface area contributed by atoms with Gasteiger partial charge in [0, 0.05) is 43.7 Å². The average molecular weight is 408 g/mol. The maximum atomic E-state index is 12.0. The molecule has 0 radical (unpaired) electrons. The molecule has 29 heavy (non-hydrogen) atoms. The number of hydrogen-bond acceptors (Lipinski definition) is 7. The molecule has 0 bridgehead atoms. The van der Waals surface area contributed by atoms with Gasteiger partial charge in [-0.2, -0.15) is 0 Å². The summed E-state index contributed by atoms with van der Waals surface area (Å²) in [5.41, 5.74) is 1.35. The number of rotatable bonds is 11. The van der Waals surface area contributed by atoms with E-state index in [1.165, 1.54) is 5.69 Å². The lowest BCUT2D eigenvalue weighted by Gasteiger charge is -2.28. The zero-order chi connectivity index (χ0) is 21.3. The first kappa shape index (κ1) is 23.3. The summed E-state index contributed by atoms with van der Waals surface area (Å²) in [5, 5.41) is 24.7. The van der Waals surface area contributed by atoms with Gasteiger partial charge in [-0.25, -0.2) is 0 Å². The van der Waals surface area contributed by atoms with E-state index in [1.807, 2.05) is 12.1 Å². The third-order valence-corrected chi connectivity index (χ3v) is 5.06. The lowest BCUT2D eigenvalue weighted by Crippen LogP contribution is -2.46. The fourth-order valence-corrected chi connectivity index (χ4v) is 2.94. The number of aliphatic hydroxyl groups is 2. The molecule has 1 fully saturated rings. The van der Waals surface area contributed by atoms with Crippen LogP contribution in [0.3, 0.4) is 0 Å². The number of benzene rings is 1. The Kier molecular flexibility index (Phi) is 9.03. The number of ether oxygens (including phenoxy) is 1. The number of morpholine rings is 1. The summed E-state index contributed by atoms with van der Waals surface area (Å²) < 4.78 is 5.36. The van der Waals surface area contributed by atoms with Crippen molar-refractivity contribution in [2.24, 2.45) is 5.41 Å². The Morgan fingerprint density at radius 1 is 1.21 bits per heavy atom. The summed E-state index contributed by atoms with van der Waals surface area (Å²) in [4.78, 5) is 26.1. The van der Waals surface area contributed by atoms with Crippen molar-refractivity contribution >= 4 is 17.4 Å². The van der Waals surface area contributed by atoms with Crippen molar-refractivity contribution in [2.45, 2.75) is 32.9 Å². The minimum absolute atomic E-state index is 0.0221. The predicted octanol–water partition coefficient (Wildman–Crippen LogP) is 0.0676. The number of amides is 1. The SMILES string of the molecule is CC(C)(CO)[C@@H](O)C(=O)NCCC(=O)CNCc1ccc(N2CCOCC2)cc1. The fraction of sp³-hybridized carbons (Fsp3) is 0.619. The summed E-state index contributed by atoms with van der Waals surface area (Å²) in [6.45, 7) is 7.16. The zero-order valence-electron chi connectivity index (χ0n) is 17.3. The predicted molar refractivity (Wildman–Crippen MR) is 111 cm³/mol. The van der Waals surface area contributed by atoms with E-state index >= 15 is 0 Å². The molecule has 0 saturated carbocycles. The van der Waals surface area contributed by atoms with Crippen LogP contribution in [0.4, 0.5) is 5.69 Å². The van der Waals surface area contributed by atoms with Gasteiger partial charge in [0.25, 0.3) is 0 Å². The van der Waals surface area contributed by atoms with Crippen molar-refractivity contribution in [3.05, 3.63) is 29.8 Å². The smallest absolute Gasteiger partial charge is 0.249 e. The van der Waals surface area contributed by atoms with E-state index in [1.54, 1.807) is 13.8 Å². The molecule has 0 aromatic heterocycles. The molecule has 1 aromatic rings. The first-order chi connectivity index (χ1) is 13.8. The van der Waals surface area contributed by atoms with Gasteiger partial charge in [0.15, 0.2) is 0 Å². The number of carbonyl (C=O) groups excluding carboxylic acids is 2. The summed E-state index contributed by atoms with van der Waals surface area (Å²) >= 11 is 0. The van der Waals surface area contributed by atoms with Gasteiger partial charge in [-0.05, 0) is 17.7 Å². The van der Waals surface area contributed by atoms with Crippen LogP contribution in [0.5, 0.6) is 0 Å². The third-order valence-electron chi connectivity index (χ3n) is 5.06. The summed E-state index contributed by atoms with van der Waals surface area (Å²) in [7, 11) is 0. The van der Waals surface area contributed by atoms with E-state index in [2.05, 4.69) is 27.7 Å². The number of carbonyl (C=O) groups is 2. The molecule has 0 unspecified atom stereocenters.